The number of hydrogen-bond acceptors (Lipinski definition) is 4. The Hall–Kier alpha value is -1.34. The molecule has 0 spiro atoms. The first-order valence-corrected chi connectivity index (χ1v) is 6.41. The molecular formula is C13H17F3N2O2. The van der Waals surface area contributed by atoms with Crippen LogP contribution in [0.15, 0.2) is 12.3 Å². The number of alkyl halides is 3. The minimum atomic E-state index is -4.39. The molecule has 0 atom stereocenters. The highest BCUT2D eigenvalue weighted by Gasteiger charge is 2.34. The van der Waals surface area contributed by atoms with Gasteiger partial charge >= 0.3 is 6.18 Å². The van der Waals surface area contributed by atoms with Crippen LogP contribution in [0.4, 0.5) is 13.2 Å². The Morgan fingerprint density at radius 2 is 2.05 bits per heavy atom. The van der Waals surface area contributed by atoms with Crippen molar-refractivity contribution >= 4 is 0 Å². The number of morpholine rings is 1. The van der Waals surface area contributed by atoms with Gasteiger partial charge in [-0.1, -0.05) is 0 Å². The van der Waals surface area contributed by atoms with Gasteiger partial charge in [0.25, 0.3) is 0 Å². The lowest BCUT2D eigenvalue weighted by Crippen LogP contribution is -2.37. The van der Waals surface area contributed by atoms with Crippen molar-refractivity contribution in [2.45, 2.75) is 12.6 Å². The van der Waals surface area contributed by atoms with E-state index >= 15 is 0 Å². The van der Waals surface area contributed by atoms with Gasteiger partial charge in [0.05, 0.1) is 25.9 Å². The van der Waals surface area contributed by atoms with Crippen LogP contribution in [-0.4, -0.2) is 49.8 Å². The second-order valence-corrected chi connectivity index (χ2v) is 4.59. The third-order valence-corrected chi connectivity index (χ3v) is 3.28. The van der Waals surface area contributed by atoms with E-state index in [4.69, 9.17) is 9.47 Å². The third-order valence-electron chi connectivity index (χ3n) is 3.28. The molecular weight excluding hydrogens is 273 g/mol. The van der Waals surface area contributed by atoms with Gasteiger partial charge in [0.2, 0.25) is 5.88 Å². The van der Waals surface area contributed by atoms with Crippen LogP contribution in [0.5, 0.6) is 5.88 Å². The number of rotatable bonds is 4. The van der Waals surface area contributed by atoms with Gasteiger partial charge in [-0.3, -0.25) is 4.90 Å². The first-order valence-electron chi connectivity index (χ1n) is 6.41. The highest BCUT2D eigenvalue weighted by Crippen LogP contribution is 2.33. The Labute approximate surface area is 115 Å². The van der Waals surface area contributed by atoms with E-state index in [1.807, 2.05) is 0 Å². The van der Waals surface area contributed by atoms with Crippen LogP contribution in [0, 0.1) is 0 Å². The van der Waals surface area contributed by atoms with Crippen molar-refractivity contribution in [2.24, 2.45) is 0 Å². The van der Waals surface area contributed by atoms with Gasteiger partial charge in [0.15, 0.2) is 0 Å². The van der Waals surface area contributed by atoms with Gasteiger partial charge in [0.1, 0.15) is 0 Å². The molecule has 0 radical (unpaired) electrons. The average Bonchev–Trinajstić information content (AvgIpc) is 2.45. The van der Waals surface area contributed by atoms with Gasteiger partial charge in [-0.15, -0.1) is 0 Å². The van der Waals surface area contributed by atoms with Crippen molar-refractivity contribution in [3.8, 4) is 5.88 Å². The third kappa shape index (κ3) is 3.83. The molecule has 1 aliphatic heterocycles. The lowest BCUT2D eigenvalue weighted by Gasteiger charge is -2.26. The van der Waals surface area contributed by atoms with E-state index in [-0.39, 0.29) is 11.4 Å². The van der Waals surface area contributed by atoms with Gasteiger partial charge in [-0.2, -0.15) is 13.2 Å². The Balaban J connectivity index is 2.09. The summed E-state index contributed by atoms with van der Waals surface area (Å²) >= 11 is 0. The molecule has 2 heterocycles. The van der Waals surface area contributed by atoms with E-state index in [9.17, 15) is 13.2 Å². The van der Waals surface area contributed by atoms with Gasteiger partial charge < -0.3 is 9.47 Å². The molecule has 0 aromatic carbocycles. The minimum absolute atomic E-state index is 0.0209. The maximum atomic E-state index is 13.0. The summed E-state index contributed by atoms with van der Waals surface area (Å²) in [6, 6.07) is 0.953. The summed E-state index contributed by atoms with van der Waals surface area (Å²) in [6.07, 6.45) is -2.83. The molecule has 1 aliphatic rings. The molecule has 7 heteroatoms. The van der Waals surface area contributed by atoms with E-state index in [0.717, 1.165) is 19.2 Å². The first kappa shape index (κ1) is 15.1. The van der Waals surface area contributed by atoms with Crippen LogP contribution in [0.3, 0.4) is 0 Å². The van der Waals surface area contributed by atoms with Crippen molar-refractivity contribution in [2.75, 3.05) is 40.0 Å². The number of hydrogen-bond donors (Lipinski definition) is 0. The van der Waals surface area contributed by atoms with Crippen LogP contribution in [0.1, 0.15) is 11.1 Å². The molecule has 0 N–H and O–H groups in total. The maximum absolute atomic E-state index is 13.0. The van der Waals surface area contributed by atoms with E-state index in [0.29, 0.717) is 26.2 Å². The Morgan fingerprint density at radius 3 is 2.65 bits per heavy atom. The lowest BCUT2D eigenvalue weighted by molar-refractivity contribution is -0.138. The number of halogens is 3. The molecule has 1 saturated heterocycles. The Kier molecular flexibility index (Phi) is 4.82. The second-order valence-electron chi connectivity index (χ2n) is 4.59. The predicted molar refractivity (Wildman–Crippen MR) is 66.8 cm³/mol. The van der Waals surface area contributed by atoms with Crippen LogP contribution in [-0.2, 0) is 17.3 Å². The smallest absolute Gasteiger partial charge is 0.416 e. The zero-order valence-corrected chi connectivity index (χ0v) is 11.2. The zero-order valence-electron chi connectivity index (χ0n) is 11.2. The predicted octanol–water partition coefficient (Wildman–Crippen LogP) is 1.98. The minimum Gasteiger partial charge on any atom is -0.481 e. The van der Waals surface area contributed by atoms with Gasteiger partial charge in [0, 0.05) is 31.9 Å². The molecule has 0 aliphatic carbocycles. The Bertz CT molecular complexity index is 446. The van der Waals surface area contributed by atoms with Crippen molar-refractivity contribution in [3.63, 3.8) is 0 Å². The van der Waals surface area contributed by atoms with Crippen molar-refractivity contribution in [3.05, 3.63) is 23.4 Å². The van der Waals surface area contributed by atoms with Crippen LogP contribution in [0.2, 0.25) is 0 Å². The maximum Gasteiger partial charge on any atom is 0.416 e. The molecule has 1 aromatic rings. The van der Waals surface area contributed by atoms with E-state index in [2.05, 4.69) is 9.88 Å². The molecule has 0 unspecified atom stereocenters. The second kappa shape index (κ2) is 6.41. The van der Waals surface area contributed by atoms with Crippen molar-refractivity contribution in [1.82, 2.24) is 9.88 Å². The highest BCUT2D eigenvalue weighted by atomic mass is 19.4. The zero-order chi connectivity index (χ0) is 14.6. The molecule has 20 heavy (non-hydrogen) atoms. The molecule has 2 rings (SSSR count). The van der Waals surface area contributed by atoms with Crippen molar-refractivity contribution < 1.29 is 22.6 Å². The number of pyridine rings is 1. The van der Waals surface area contributed by atoms with E-state index < -0.39 is 11.7 Å². The van der Waals surface area contributed by atoms with E-state index in [1.54, 1.807) is 0 Å². The van der Waals surface area contributed by atoms with E-state index in [1.165, 1.54) is 13.3 Å². The Morgan fingerprint density at radius 1 is 1.35 bits per heavy atom. The molecule has 4 nitrogen and oxygen atoms in total. The van der Waals surface area contributed by atoms with Gasteiger partial charge in [-0.05, 0) is 12.0 Å². The summed E-state index contributed by atoms with van der Waals surface area (Å²) in [5, 5.41) is 0. The number of ether oxygens (including phenoxy) is 2. The topological polar surface area (TPSA) is 34.6 Å². The fraction of sp³-hybridized carbons (Fsp3) is 0.615. The standard InChI is InChI=1S/C13H17F3N2O2/c1-19-12-8-11(13(14,15)16)10(9-17-12)2-3-18-4-6-20-7-5-18/h8-9H,2-7H2,1H3. The normalized spacial score (nSPS) is 17.2. The summed E-state index contributed by atoms with van der Waals surface area (Å²) in [4.78, 5) is 5.96. The summed E-state index contributed by atoms with van der Waals surface area (Å²) in [5.41, 5.74) is -0.470. The highest BCUT2D eigenvalue weighted by molar-refractivity contribution is 5.32. The molecule has 1 fully saturated rings. The number of nitrogens with zero attached hydrogens (tertiary/aromatic N) is 2. The monoisotopic (exact) mass is 290 g/mol. The first-order chi connectivity index (χ1) is 9.50. The average molecular weight is 290 g/mol. The largest absolute Gasteiger partial charge is 0.481 e. The molecule has 1 aromatic heterocycles. The lowest BCUT2D eigenvalue weighted by atomic mass is 10.1. The van der Waals surface area contributed by atoms with Crippen LogP contribution >= 0.6 is 0 Å². The molecule has 0 saturated carbocycles. The van der Waals surface area contributed by atoms with Crippen molar-refractivity contribution in [1.29, 1.82) is 0 Å². The fourth-order valence-electron chi connectivity index (χ4n) is 2.14. The summed E-state index contributed by atoms with van der Waals surface area (Å²) in [7, 11) is 1.30. The molecule has 0 amide bonds. The number of methoxy groups -OCH3 is 1. The molecule has 112 valence electrons. The van der Waals surface area contributed by atoms with Crippen LogP contribution in [0.25, 0.3) is 0 Å². The quantitative estimate of drug-likeness (QED) is 0.849. The van der Waals surface area contributed by atoms with Gasteiger partial charge in [-0.25, -0.2) is 4.98 Å². The van der Waals surface area contributed by atoms with Crippen LogP contribution < -0.4 is 4.74 Å². The molecule has 0 bridgehead atoms. The fourth-order valence-corrected chi connectivity index (χ4v) is 2.14. The summed E-state index contributed by atoms with van der Waals surface area (Å²) in [6.45, 7) is 3.34. The SMILES string of the molecule is COc1cc(C(F)(F)F)c(CCN2CCOCC2)cn1. The summed E-state index contributed by atoms with van der Waals surface area (Å²) in [5.74, 6) is -0.0209. The number of aromatic nitrogens is 1. The summed E-state index contributed by atoms with van der Waals surface area (Å²) < 4.78 is 49.0.